The maximum absolute atomic E-state index is 14.2. The van der Waals surface area contributed by atoms with Gasteiger partial charge in [0.1, 0.15) is 11.6 Å². The number of aromatic nitrogens is 3. The molecule has 27 heavy (non-hydrogen) atoms. The van der Waals surface area contributed by atoms with Crippen molar-refractivity contribution in [3.8, 4) is 11.3 Å². The fraction of sp³-hybridized carbons (Fsp3) is 0.350. The Bertz CT molecular complexity index is 962. The maximum atomic E-state index is 14.2. The molecule has 0 aliphatic heterocycles. The largest absolute Gasteiger partial charge is 0.370 e. The molecule has 1 aromatic carbocycles. The highest BCUT2D eigenvalue weighted by molar-refractivity contribution is 5.76. The molecule has 0 atom stereocenters. The van der Waals surface area contributed by atoms with E-state index in [4.69, 9.17) is 5.73 Å². The number of nitrogens with two attached hydrogens (primary N) is 1. The lowest BCUT2D eigenvalue weighted by Gasteiger charge is -2.27. The molecule has 0 unspecified atom stereocenters. The van der Waals surface area contributed by atoms with E-state index in [2.05, 4.69) is 15.4 Å². The van der Waals surface area contributed by atoms with E-state index in [-0.39, 0.29) is 17.6 Å². The van der Waals surface area contributed by atoms with Gasteiger partial charge in [-0.1, -0.05) is 12.1 Å². The van der Waals surface area contributed by atoms with Crippen LogP contribution in [0, 0.1) is 17.7 Å². The Kier molecular flexibility index (Phi) is 4.75. The van der Waals surface area contributed by atoms with Crippen molar-refractivity contribution in [2.24, 2.45) is 17.6 Å². The molecule has 2 aromatic heterocycles. The third-order valence-electron chi connectivity index (χ3n) is 5.33. The monoisotopic (exact) mass is 367 g/mol. The fourth-order valence-electron chi connectivity index (χ4n) is 3.75. The maximum Gasteiger partial charge on any atom is 0.220 e. The fourth-order valence-corrected chi connectivity index (χ4v) is 3.75. The van der Waals surface area contributed by atoms with Crippen LogP contribution < -0.4 is 11.1 Å². The van der Waals surface area contributed by atoms with E-state index in [0.29, 0.717) is 22.8 Å². The van der Waals surface area contributed by atoms with Crippen LogP contribution in [0.5, 0.6) is 0 Å². The standard InChI is InChI=1S/C20H22FN5O/c21-16-4-2-1-3-15(16)17-11-19(26-18(25-17)9-10-24-26)23-12-13-5-7-14(8-6-13)20(22)27/h1-4,9-11,13-14,23H,5-8,12H2,(H2,22,27). The van der Waals surface area contributed by atoms with Gasteiger partial charge in [0.15, 0.2) is 5.65 Å². The van der Waals surface area contributed by atoms with Crippen LogP contribution in [0.2, 0.25) is 0 Å². The average Bonchev–Trinajstić information content (AvgIpc) is 3.15. The molecule has 0 bridgehead atoms. The Hall–Kier alpha value is -2.96. The lowest BCUT2D eigenvalue weighted by atomic mass is 9.81. The quantitative estimate of drug-likeness (QED) is 0.725. The van der Waals surface area contributed by atoms with Crippen molar-refractivity contribution in [2.75, 3.05) is 11.9 Å². The van der Waals surface area contributed by atoms with E-state index in [0.717, 1.165) is 38.0 Å². The number of carbonyl (C=O) groups excluding carboxylic acids is 1. The molecule has 1 saturated carbocycles. The van der Waals surface area contributed by atoms with Crippen molar-refractivity contribution in [2.45, 2.75) is 25.7 Å². The zero-order valence-corrected chi connectivity index (χ0v) is 14.9. The SMILES string of the molecule is NC(=O)C1CCC(CNc2cc(-c3ccccc3F)nc3ccnn23)CC1. The van der Waals surface area contributed by atoms with Crippen molar-refractivity contribution in [3.05, 3.63) is 48.4 Å². The molecule has 0 spiro atoms. The number of anilines is 1. The molecule has 1 aliphatic carbocycles. The summed E-state index contributed by atoms with van der Waals surface area (Å²) < 4.78 is 15.9. The predicted molar refractivity (Wildman–Crippen MR) is 102 cm³/mol. The molecular formula is C20H22FN5O. The summed E-state index contributed by atoms with van der Waals surface area (Å²) in [4.78, 5) is 15.8. The van der Waals surface area contributed by atoms with Gasteiger partial charge in [-0.15, -0.1) is 0 Å². The number of rotatable bonds is 5. The number of primary amides is 1. The number of benzene rings is 1. The van der Waals surface area contributed by atoms with Crippen molar-refractivity contribution in [1.29, 1.82) is 0 Å². The van der Waals surface area contributed by atoms with Gasteiger partial charge in [0.25, 0.3) is 0 Å². The Balaban J connectivity index is 1.54. The minimum absolute atomic E-state index is 0.00709. The summed E-state index contributed by atoms with van der Waals surface area (Å²) in [6.07, 6.45) is 5.30. The third-order valence-corrected chi connectivity index (χ3v) is 5.33. The minimum atomic E-state index is -0.301. The molecule has 1 amide bonds. The molecule has 0 saturated heterocycles. The van der Waals surface area contributed by atoms with Gasteiger partial charge in [-0.05, 0) is 43.7 Å². The van der Waals surface area contributed by atoms with Gasteiger partial charge in [0, 0.05) is 30.2 Å². The van der Waals surface area contributed by atoms with Gasteiger partial charge in [-0.3, -0.25) is 4.79 Å². The van der Waals surface area contributed by atoms with E-state index >= 15 is 0 Å². The van der Waals surface area contributed by atoms with Crippen LogP contribution >= 0.6 is 0 Å². The van der Waals surface area contributed by atoms with E-state index in [1.54, 1.807) is 35.0 Å². The molecule has 3 N–H and O–H groups in total. The number of carbonyl (C=O) groups is 1. The number of fused-ring (bicyclic) bond motifs is 1. The van der Waals surface area contributed by atoms with Crippen LogP contribution in [0.1, 0.15) is 25.7 Å². The van der Waals surface area contributed by atoms with Gasteiger partial charge in [-0.2, -0.15) is 9.61 Å². The second-order valence-electron chi connectivity index (χ2n) is 7.11. The van der Waals surface area contributed by atoms with Crippen LogP contribution in [0.4, 0.5) is 10.2 Å². The number of amides is 1. The van der Waals surface area contributed by atoms with Gasteiger partial charge < -0.3 is 11.1 Å². The second kappa shape index (κ2) is 7.34. The summed E-state index contributed by atoms with van der Waals surface area (Å²) >= 11 is 0. The predicted octanol–water partition coefficient (Wildman–Crippen LogP) is 3.24. The smallest absolute Gasteiger partial charge is 0.220 e. The molecule has 2 heterocycles. The molecule has 3 aromatic rings. The summed E-state index contributed by atoms with van der Waals surface area (Å²) in [7, 11) is 0. The molecule has 4 rings (SSSR count). The second-order valence-corrected chi connectivity index (χ2v) is 7.11. The number of hydrogen-bond acceptors (Lipinski definition) is 4. The Morgan fingerprint density at radius 1 is 1.22 bits per heavy atom. The van der Waals surface area contributed by atoms with Crippen molar-refractivity contribution >= 4 is 17.4 Å². The lowest BCUT2D eigenvalue weighted by molar-refractivity contribution is -0.122. The first kappa shape index (κ1) is 17.5. The van der Waals surface area contributed by atoms with Crippen molar-refractivity contribution in [3.63, 3.8) is 0 Å². The summed E-state index contributed by atoms with van der Waals surface area (Å²) in [5.41, 5.74) is 7.11. The normalized spacial score (nSPS) is 19.9. The molecule has 0 radical (unpaired) electrons. The molecule has 7 heteroatoms. The molecule has 1 aliphatic rings. The van der Waals surface area contributed by atoms with E-state index in [1.165, 1.54) is 6.07 Å². The molecule has 6 nitrogen and oxygen atoms in total. The van der Waals surface area contributed by atoms with Crippen molar-refractivity contribution < 1.29 is 9.18 Å². The first-order valence-electron chi connectivity index (χ1n) is 9.24. The minimum Gasteiger partial charge on any atom is -0.370 e. The molecular weight excluding hydrogens is 345 g/mol. The summed E-state index contributed by atoms with van der Waals surface area (Å²) in [5.74, 6) is 0.761. The van der Waals surface area contributed by atoms with Crippen LogP contribution in [-0.2, 0) is 4.79 Å². The Morgan fingerprint density at radius 3 is 2.74 bits per heavy atom. The number of halogens is 1. The highest BCUT2D eigenvalue weighted by atomic mass is 19.1. The zero-order valence-electron chi connectivity index (χ0n) is 14.9. The number of nitrogens with one attached hydrogen (secondary N) is 1. The Labute approximate surface area is 156 Å². The van der Waals surface area contributed by atoms with E-state index < -0.39 is 0 Å². The van der Waals surface area contributed by atoms with Crippen LogP contribution in [0.3, 0.4) is 0 Å². The lowest BCUT2D eigenvalue weighted by Crippen LogP contribution is -2.29. The molecule has 1 fully saturated rings. The topological polar surface area (TPSA) is 85.3 Å². The highest BCUT2D eigenvalue weighted by Gasteiger charge is 2.24. The zero-order chi connectivity index (χ0) is 18.8. The number of nitrogens with zero attached hydrogens (tertiary/aromatic N) is 3. The van der Waals surface area contributed by atoms with Gasteiger partial charge in [0.2, 0.25) is 5.91 Å². The van der Waals surface area contributed by atoms with E-state index in [1.807, 2.05) is 6.07 Å². The van der Waals surface area contributed by atoms with Gasteiger partial charge in [0.05, 0.1) is 11.9 Å². The summed E-state index contributed by atoms with van der Waals surface area (Å²) in [6, 6.07) is 10.2. The van der Waals surface area contributed by atoms with E-state index in [9.17, 15) is 9.18 Å². The first-order valence-corrected chi connectivity index (χ1v) is 9.24. The highest BCUT2D eigenvalue weighted by Crippen LogP contribution is 2.29. The van der Waals surface area contributed by atoms with Gasteiger partial charge in [-0.25, -0.2) is 9.37 Å². The van der Waals surface area contributed by atoms with Crippen LogP contribution in [-0.4, -0.2) is 27.0 Å². The van der Waals surface area contributed by atoms with Crippen LogP contribution in [0.25, 0.3) is 16.9 Å². The number of hydrogen-bond donors (Lipinski definition) is 2. The average molecular weight is 367 g/mol. The first-order chi connectivity index (χ1) is 13.1. The summed E-state index contributed by atoms with van der Waals surface area (Å²) in [6.45, 7) is 0.765. The van der Waals surface area contributed by atoms with Crippen LogP contribution in [0.15, 0.2) is 42.6 Å². The molecule has 140 valence electrons. The third kappa shape index (κ3) is 3.63. The van der Waals surface area contributed by atoms with Crippen molar-refractivity contribution in [1.82, 2.24) is 14.6 Å². The van der Waals surface area contributed by atoms with Gasteiger partial charge >= 0.3 is 0 Å². The Morgan fingerprint density at radius 2 is 2.00 bits per heavy atom. The summed E-state index contributed by atoms with van der Waals surface area (Å²) in [5, 5.41) is 7.75.